The lowest BCUT2D eigenvalue weighted by Crippen LogP contribution is -2.17. The molecule has 2 N–H and O–H groups in total. The molecule has 9 heteroatoms. The van der Waals surface area contributed by atoms with Gasteiger partial charge in [0, 0.05) is 17.7 Å². The van der Waals surface area contributed by atoms with E-state index >= 15 is 0 Å². The number of nitro groups is 1. The summed E-state index contributed by atoms with van der Waals surface area (Å²) in [5, 5.41) is 21.4. The number of carbonyl (C=O) groups excluding carboxylic acids is 1. The number of rotatable bonds is 10. The van der Waals surface area contributed by atoms with Gasteiger partial charge in [-0.25, -0.2) is 5.43 Å². The number of benzene rings is 2. The monoisotopic (exact) mass is 421 g/mol. The maximum atomic E-state index is 12.2. The Hall–Kier alpha value is -4.01. The summed E-state index contributed by atoms with van der Waals surface area (Å²) in [4.78, 5) is 22.4. The van der Waals surface area contributed by atoms with Crippen LogP contribution in [0, 0.1) is 10.1 Å². The average Bonchev–Trinajstić information content (AvgIpc) is 3.28. The van der Waals surface area contributed by atoms with Crippen LogP contribution in [0.5, 0.6) is 5.75 Å². The smallest absolute Gasteiger partial charge is 0.289 e. The molecule has 0 aliphatic heterocycles. The molecular formula is C22H23N5O4. The minimum atomic E-state index is -0.479. The summed E-state index contributed by atoms with van der Waals surface area (Å²) in [6.07, 6.45) is 4.73. The second-order valence-electron chi connectivity index (χ2n) is 6.79. The van der Waals surface area contributed by atoms with Crippen molar-refractivity contribution in [2.45, 2.75) is 26.2 Å². The van der Waals surface area contributed by atoms with Crippen molar-refractivity contribution in [2.24, 2.45) is 5.10 Å². The van der Waals surface area contributed by atoms with Crippen LogP contribution in [0.15, 0.2) is 59.7 Å². The number of non-ortho nitro benzene ring substituents is 1. The van der Waals surface area contributed by atoms with Gasteiger partial charge in [0.1, 0.15) is 11.4 Å². The van der Waals surface area contributed by atoms with Crippen molar-refractivity contribution in [2.75, 3.05) is 6.61 Å². The van der Waals surface area contributed by atoms with Gasteiger partial charge in [0.2, 0.25) is 0 Å². The number of hydrogen-bond donors (Lipinski definition) is 2. The first kappa shape index (κ1) is 21.7. The third-order valence-electron chi connectivity index (χ3n) is 4.47. The Labute approximate surface area is 179 Å². The summed E-state index contributed by atoms with van der Waals surface area (Å²) >= 11 is 0. The van der Waals surface area contributed by atoms with E-state index in [2.05, 4.69) is 27.6 Å². The quantitative estimate of drug-likeness (QED) is 0.218. The molecule has 0 bridgehead atoms. The van der Waals surface area contributed by atoms with Crippen molar-refractivity contribution in [3.63, 3.8) is 0 Å². The molecule has 0 saturated heterocycles. The molecule has 3 aromatic rings. The molecule has 0 spiro atoms. The Morgan fingerprint density at radius 2 is 1.94 bits per heavy atom. The fourth-order valence-corrected chi connectivity index (χ4v) is 2.76. The van der Waals surface area contributed by atoms with E-state index in [9.17, 15) is 14.9 Å². The molecule has 0 radical (unpaired) electrons. The standard InChI is InChI=1S/C22H23N5O4/c1-2-3-4-13-31-19-11-7-17(8-12-19)20-14-21(25-24-20)22(28)26-23-15-16-5-9-18(10-6-16)27(29)30/h5-12,14-15H,2-4,13H2,1H3,(H,24,25)(H,26,28)/b23-15-. The van der Waals surface area contributed by atoms with Crippen LogP contribution in [0.2, 0.25) is 0 Å². The number of hydrazone groups is 1. The molecule has 9 nitrogen and oxygen atoms in total. The van der Waals surface area contributed by atoms with Gasteiger partial charge >= 0.3 is 0 Å². The molecule has 160 valence electrons. The van der Waals surface area contributed by atoms with Gasteiger partial charge in [0.25, 0.3) is 11.6 Å². The van der Waals surface area contributed by atoms with Crippen LogP contribution in [0.3, 0.4) is 0 Å². The molecule has 0 unspecified atom stereocenters. The zero-order valence-corrected chi connectivity index (χ0v) is 17.1. The summed E-state index contributed by atoms with van der Waals surface area (Å²) in [6, 6.07) is 15.0. The second kappa shape index (κ2) is 10.7. The topological polar surface area (TPSA) is 123 Å². The lowest BCUT2D eigenvalue weighted by atomic mass is 10.1. The molecule has 1 amide bonds. The summed E-state index contributed by atoms with van der Waals surface area (Å²) in [5.74, 6) is 0.349. The maximum absolute atomic E-state index is 12.2. The number of amides is 1. The largest absolute Gasteiger partial charge is 0.494 e. The Balaban J connectivity index is 1.54. The highest BCUT2D eigenvalue weighted by Crippen LogP contribution is 2.21. The number of ether oxygens (including phenoxy) is 1. The molecule has 2 aromatic carbocycles. The Bertz CT molecular complexity index is 1040. The molecule has 1 aromatic heterocycles. The number of nitrogens with one attached hydrogen (secondary N) is 2. The molecule has 0 atom stereocenters. The van der Waals surface area contributed by atoms with Gasteiger partial charge in [-0.1, -0.05) is 19.8 Å². The van der Waals surface area contributed by atoms with E-state index in [1.807, 2.05) is 24.3 Å². The van der Waals surface area contributed by atoms with E-state index in [4.69, 9.17) is 4.74 Å². The summed E-state index contributed by atoms with van der Waals surface area (Å²) in [6.45, 7) is 2.85. The van der Waals surface area contributed by atoms with Gasteiger partial charge in [-0.15, -0.1) is 0 Å². The molecule has 0 fully saturated rings. The SMILES string of the molecule is CCCCCOc1ccc(-c2cc(C(=O)N/N=C\c3ccc([N+](=O)[O-])cc3)[nH]n2)cc1. The van der Waals surface area contributed by atoms with Crippen molar-refractivity contribution >= 4 is 17.8 Å². The summed E-state index contributed by atoms with van der Waals surface area (Å²) in [5.41, 5.74) is 4.74. The van der Waals surface area contributed by atoms with E-state index in [1.54, 1.807) is 18.2 Å². The van der Waals surface area contributed by atoms with Crippen molar-refractivity contribution in [1.82, 2.24) is 15.6 Å². The van der Waals surface area contributed by atoms with Gasteiger partial charge in [0.05, 0.1) is 23.4 Å². The number of nitro benzene ring substituents is 1. The Morgan fingerprint density at radius 1 is 1.19 bits per heavy atom. The van der Waals surface area contributed by atoms with Gasteiger partial charge < -0.3 is 4.74 Å². The number of nitrogens with zero attached hydrogens (tertiary/aromatic N) is 3. The second-order valence-corrected chi connectivity index (χ2v) is 6.79. The van der Waals surface area contributed by atoms with Crippen LogP contribution in [0.4, 0.5) is 5.69 Å². The third kappa shape index (κ3) is 6.23. The predicted octanol–water partition coefficient (Wildman–Crippen LogP) is 4.32. The maximum Gasteiger partial charge on any atom is 0.289 e. The number of carbonyl (C=O) groups is 1. The van der Waals surface area contributed by atoms with E-state index in [1.165, 1.54) is 18.3 Å². The number of unbranched alkanes of at least 4 members (excludes halogenated alkanes) is 2. The fourth-order valence-electron chi connectivity index (χ4n) is 2.76. The number of H-pyrrole nitrogens is 1. The van der Waals surface area contributed by atoms with Crippen molar-refractivity contribution in [3.8, 4) is 17.0 Å². The predicted molar refractivity (Wildman–Crippen MR) is 117 cm³/mol. The minimum absolute atomic E-state index is 0.0118. The Morgan fingerprint density at radius 3 is 2.61 bits per heavy atom. The van der Waals surface area contributed by atoms with E-state index in [0.717, 1.165) is 30.6 Å². The van der Waals surface area contributed by atoms with Crippen molar-refractivity contribution in [3.05, 3.63) is 76.0 Å². The van der Waals surface area contributed by atoms with E-state index in [0.29, 0.717) is 17.9 Å². The number of aromatic amines is 1. The van der Waals surface area contributed by atoms with Gasteiger partial charge in [0.15, 0.2) is 0 Å². The van der Waals surface area contributed by atoms with Crippen molar-refractivity contribution in [1.29, 1.82) is 0 Å². The third-order valence-corrected chi connectivity index (χ3v) is 4.47. The van der Waals surface area contributed by atoms with Gasteiger partial charge in [-0.3, -0.25) is 20.0 Å². The zero-order chi connectivity index (χ0) is 22.1. The molecule has 1 heterocycles. The normalized spacial score (nSPS) is 10.9. The molecule has 3 rings (SSSR count). The molecule has 0 aliphatic rings. The van der Waals surface area contributed by atoms with Gasteiger partial charge in [-0.05, 0) is 54.4 Å². The van der Waals surface area contributed by atoms with Crippen LogP contribution in [-0.2, 0) is 0 Å². The van der Waals surface area contributed by atoms with Crippen LogP contribution < -0.4 is 10.2 Å². The minimum Gasteiger partial charge on any atom is -0.494 e. The average molecular weight is 421 g/mol. The summed E-state index contributed by atoms with van der Waals surface area (Å²) < 4.78 is 5.70. The highest BCUT2D eigenvalue weighted by molar-refractivity contribution is 5.94. The summed E-state index contributed by atoms with van der Waals surface area (Å²) in [7, 11) is 0. The highest BCUT2D eigenvalue weighted by Gasteiger charge is 2.10. The zero-order valence-electron chi connectivity index (χ0n) is 17.1. The lowest BCUT2D eigenvalue weighted by molar-refractivity contribution is -0.384. The van der Waals surface area contributed by atoms with Crippen LogP contribution in [-0.4, -0.2) is 33.8 Å². The number of aromatic nitrogens is 2. The first-order valence-electron chi connectivity index (χ1n) is 9.93. The van der Waals surface area contributed by atoms with Gasteiger partial charge in [-0.2, -0.15) is 10.2 Å². The first-order valence-corrected chi connectivity index (χ1v) is 9.93. The highest BCUT2D eigenvalue weighted by atomic mass is 16.6. The van der Waals surface area contributed by atoms with E-state index < -0.39 is 10.8 Å². The van der Waals surface area contributed by atoms with Crippen molar-refractivity contribution < 1.29 is 14.5 Å². The Kier molecular flexibility index (Phi) is 7.47. The molecule has 0 aliphatic carbocycles. The van der Waals surface area contributed by atoms with E-state index in [-0.39, 0.29) is 11.4 Å². The van der Waals surface area contributed by atoms with Crippen LogP contribution in [0.1, 0.15) is 42.2 Å². The van der Waals surface area contributed by atoms with Crippen LogP contribution in [0.25, 0.3) is 11.3 Å². The van der Waals surface area contributed by atoms with Crippen LogP contribution >= 0.6 is 0 Å². The lowest BCUT2D eigenvalue weighted by Gasteiger charge is -2.06. The first-order chi connectivity index (χ1) is 15.1. The fraction of sp³-hybridized carbons (Fsp3) is 0.227. The molecular weight excluding hydrogens is 398 g/mol. The number of hydrogen-bond acceptors (Lipinski definition) is 6. The molecule has 0 saturated carbocycles. The molecule has 31 heavy (non-hydrogen) atoms.